The van der Waals surface area contributed by atoms with Gasteiger partial charge in [0.1, 0.15) is 18.2 Å². The molecule has 1 fully saturated rings. The van der Waals surface area contributed by atoms with E-state index in [0.29, 0.717) is 12.5 Å². The Morgan fingerprint density at radius 3 is 2.35 bits per heavy atom. The molecule has 0 aliphatic heterocycles. The maximum absolute atomic E-state index is 13.6. The number of fused-ring (bicyclic) bond motifs is 1. The summed E-state index contributed by atoms with van der Waals surface area (Å²) in [6, 6.07) is 25.1. The van der Waals surface area contributed by atoms with Crippen LogP contribution in [-0.4, -0.2) is 15.8 Å². The number of aliphatic hydroxyl groups is 1. The fourth-order valence-electron chi connectivity index (χ4n) is 4.64. The van der Waals surface area contributed by atoms with E-state index in [1.807, 2.05) is 42.5 Å². The van der Waals surface area contributed by atoms with Crippen molar-refractivity contribution in [1.29, 1.82) is 0 Å². The molecule has 1 N–H and O–H groups in total. The van der Waals surface area contributed by atoms with Gasteiger partial charge < -0.3 is 14.4 Å². The fourth-order valence-corrected chi connectivity index (χ4v) is 4.64. The minimum atomic E-state index is -0.241. The van der Waals surface area contributed by atoms with Crippen LogP contribution in [0.4, 0.5) is 4.39 Å². The minimum absolute atomic E-state index is 0.204. The second-order valence-corrected chi connectivity index (χ2v) is 8.35. The van der Waals surface area contributed by atoms with E-state index in [9.17, 15) is 9.50 Å². The Kier molecular flexibility index (Phi) is 5.47. The van der Waals surface area contributed by atoms with E-state index in [1.165, 1.54) is 17.8 Å². The number of hydrogen-bond donors (Lipinski definition) is 1. The Morgan fingerprint density at radius 2 is 1.61 bits per heavy atom. The van der Waals surface area contributed by atoms with Gasteiger partial charge in [0.05, 0.1) is 11.6 Å². The quantitative estimate of drug-likeness (QED) is 0.411. The molecular weight excluding hydrogens is 389 g/mol. The highest BCUT2D eigenvalue weighted by Gasteiger charge is 2.25. The Morgan fingerprint density at radius 1 is 0.871 bits per heavy atom. The molecule has 0 unspecified atom stereocenters. The van der Waals surface area contributed by atoms with Gasteiger partial charge in [-0.25, -0.2) is 4.39 Å². The van der Waals surface area contributed by atoms with Crippen molar-refractivity contribution in [2.45, 2.75) is 44.3 Å². The second kappa shape index (κ2) is 8.56. The lowest BCUT2D eigenvalue weighted by atomic mass is 9.85. The summed E-state index contributed by atoms with van der Waals surface area (Å²) in [6.45, 7) is 0.507. The Labute approximate surface area is 181 Å². The number of aliphatic hydroxyl groups excluding tert-OH is 1. The molecule has 1 aromatic heterocycles. The van der Waals surface area contributed by atoms with Crippen LogP contribution < -0.4 is 4.74 Å². The zero-order chi connectivity index (χ0) is 21.2. The van der Waals surface area contributed by atoms with E-state index >= 15 is 0 Å². The molecule has 0 radical (unpaired) electrons. The van der Waals surface area contributed by atoms with Gasteiger partial charge in [-0.2, -0.15) is 0 Å². The molecule has 1 aliphatic rings. The molecular formula is C27H26FNO2. The summed E-state index contributed by atoms with van der Waals surface area (Å²) >= 11 is 0. The molecule has 1 aliphatic carbocycles. The summed E-state index contributed by atoms with van der Waals surface area (Å²) in [7, 11) is 0. The third kappa shape index (κ3) is 4.08. The Hall–Kier alpha value is -3.11. The van der Waals surface area contributed by atoms with Gasteiger partial charge >= 0.3 is 0 Å². The molecule has 5 rings (SSSR count). The average Bonchev–Trinajstić information content (AvgIpc) is 3.19. The lowest BCUT2D eigenvalue weighted by molar-refractivity contribution is 0.122. The van der Waals surface area contributed by atoms with Crippen molar-refractivity contribution in [1.82, 2.24) is 4.57 Å². The predicted octanol–water partition coefficient (Wildman–Crippen LogP) is 6.37. The van der Waals surface area contributed by atoms with E-state index in [0.717, 1.165) is 53.6 Å². The van der Waals surface area contributed by atoms with Gasteiger partial charge in [-0.15, -0.1) is 0 Å². The molecule has 0 saturated heterocycles. The molecule has 3 nitrogen and oxygen atoms in total. The van der Waals surface area contributed by atoms with Crippen molar-refractivity contribution in [3.63, 3.8) is 0 Å². The van der Waals surface area contributed by atoms with Gasteiger partial charge in [0.15, 0.2) is 0 Å². The number of nitrogens with zero attached hydrogens (tertiary/aromatic N) is 1. The lowest BCUT2D eigenvalue weighted by Gasteiger charge is -2.26. The van der Waals surface area contributed by atoms with Crippen LogP contribution in [0.5, 0.6) is 5.75 Å². The molecule has 4 aromatic rings. The highest BCUT2D eigenvalue weighted by Crippen LogP contribution is 2.40. The zero-order valence-corrected chi connectivity index (χ0v) is 17.4. The van der Waals surface area contributed by atoms with Crippen molar-refractivity contribution in [2.24, 2.45) is 0 Å². The van der Waals surface area contributed by atoms with Gasteiger partial charge in [-0.1, -0.05) is 36.4 Å². The number of aromatic nitrogens is 1. The molecule has 3 aromatic carbocycles. The van der Waals surface area contributed by atoms with Gasteiger partial charge in [0.25, 0.3) is 0 Å². The first kappa shape index (κ1) is 19.8. The Bertz CT molecular complexity index is 1160. The molecule has 0 spiro atoms. The normalized spacial score (nSPS) is 18.9. The fraction of sp³-hybridized carbons (Fsp3) is 0.259. The lowest BCUT2D eigenvalue weighted by Crippen LogP contribution is -2.18. The molecule has 1 saturated carbocycles. The molecule has 0 atom stereocenters. The van der Waals surface area contributed by atoms with Crippen LogP contribution in [0.3, 0.4) is 0 Å². The molecule has 4 heteroatoms. The predicted molar refractivity (Wildman–Crippen MR) is 121 cm³/mol. The minimum Gasteiger partial charge on any atom is -0.488 e. The molecule has 0 amide bonds. The average molecular weight is 416 g/mol. The van der Waals surface area contributed by atoms with Crippen LogP contribution in [-0.2, 0) is 6.61 Å². The first-order valence-electron chi connectivity index (χ1n) is 10.9. The largest absolute Gasteiger partial charge is 0.488 e. The van der Waals surface area contributed by atoms with E-state index in [2.05, 4.69) is 28.8 Å². The number of ether oxygens (including phenoxy) is 1. The number of rotatable bonds is 5. The first-order valence-corrected chi connectivity index (χ1v) is 10.9. The van der Waals surface area contributed by atoms with E-state index in [-0.39, 0.29) is 11.9 Å². The number of hydrogen-bond acceptors (Lipinski definition) is 2. The first-order chi connectivity index (χ1) is 15.2. The topological polar surface area (TPSA) is 34.4 Å². The van der Waals surface area contributed by atoms with Gasteiger partial charge in [-0.3, -0.25) is 0 Å². The molecule has 158 valence electrons. The van der Waals surface area contributed by atoms with E-state index in [4.69, 9.17) is 4.74 Å². The van der Waals surface area contributed by atoms with E-state index in [1.54, 1.807) is 0 Å². The third-order valence-electron chi connectivity index (χ3n) is 6.27. The SMILES string of the molecule is OC1CCC(c2cc3c(OCc4ccccc4)cccc3n2-c2ccc(F)cc2)CC1. The van der Waals surface area contributed by atoms with E-state index < -0.39 is 0 Å². The summed E-state index contributed by atoms with van der Waals surface area (Å²) in [4.78, 5) is 0. The summed E-state index contributed by atoms with van der Waals surface area (Å²) < 4.78 is 22.1. The molecule has 0 bridgehead atoms. The van der Waals surface area contributed by atoms with Crippen molar-refractivity contribution in [3.05, 3.63) is 95.9 Å². The van der Waals surface area contributed by atoms with Crippen LogP contribution in [0.15, 0.2) is 78.9 Å². The maximum Gasteiger partial charge on any atom is 0.129 e. The summed E-state index contributed by atoms with van der Waals surface area (Å²) in [5.41, 5.74) is 4.32. The van der Waals surface area contributed by atoms with Crippen LogP contribution in [0.2, 0.25) is 0 Å². The molecule has 1 heterocycles. The summed E-state index contributed by atoms with van der Waals surface area (Å²) in [6.07, 6.45) is 3.31. The molecule has 31 heavy (non-hydrogen) atoms. The van der Waals surface area contributed by atoms with Crippen molar-refractivity contribution in [3.8, 4) is 11.4 Å². The smallest absolute Gasteiger partial charge is 0.129 e. The monoisotopic (exact) mass is 415 g/mol. The van der Waals surface area contributed by atoms with Crippen LogP contribution in [0.25, 0.3) is 16.6 Å². The third-order valence-corrected chi connectivity index (χ3v) is 6.27. The second-order valence-electron chi connectivity index (χ2n) is 8.35. The van der Waals surface area contributed by atoms with Crippen molar-refractivity contribution >= 4 is 10.9 Å². The van der Waals surface area contributed by atoms with Gasteiger partial charge in [0, 0.05) is 16.8 Å². The standard InChI is InChI=1S/C27H26FNO2/c28-21-11-13-22(14-12-21)29-25-7-4-8-27(31-18-19-5-2-1-3-6-19)24(25)17-26(29)20-9-15-23(30)16-10-20/h1-8,11-14,17,20,23,30H,9-10,15-16,18H2. The van der Waals surface area contributed by atoms with Crippen LogP contribution in [0.1, 0.15) is 42.9 Å². The highest BCUT2D eigenvalue weighted by molar-refractivity contribution is 5.89. The summed E-state index contributed by atoms with van der Waals surface area (Å²) in [5, 5.41) is 11.0. The van der Waals surface area contributed by atoms with Crippen LogP contribution in [0, 0.1) is 5.82 Å². The van der Waals surface area contributed by atoms with Crippen molar-refractivity contribution < 1.29 is 14.2 Å². The maximum atomic E-state index is 13.6. The number of halogens is 1. The van der Waals surface area contributed by atoms with Gasteiger partial charge in [0.2, 0.25) is 0 Å². The van der Waals surface area contributed by atoms with Crippen molar-refractivity contribution in [2.75, 3.05) is 0 Å². The zero-order valence-electron chi connectivity index (χ0n) is 17.4. The van der Waals surface area contributed by atoms with Gasteiger partial charge in [-0.05, 0) is 79.6 Å². The van der Waals surface area contributed by atoms with Crippen LogP contribution >= 0.6 is 0 Å². The highest BCUT2D eigenvalue weighted by atomic mass is 19.1. The summed E-state index contributed by atoms with van der Waals surface area (Å²) in [5.74, 6) is 0.955. The number of benzene rings is 3. The Balaban J connectivity index is 1.58.